The minimum absolute atomic E-state index is 0.460. The third-order valence-electron chi connectivity index (χ3n) is 5.93. The van der Waals surface area contributed by atoms with Gasteiger partial charge in [0.2, 0.25) is 0 Å². The Morgan fingerprint density at radius 3 is 2.29 bits per heavy atom. The van der Waals surface area contributed by atoms with E-state index in [0.29, 0.717) is 5.41 Å². The average Bonchev–Trinajstić information content (AvgIpc) is 3.33. The molecule has 0 amide bonds. The second kappa shape index (κ2) is 7.43. The highest BCUT2D eigenvalue weighted by atomic mass is 16.5. The lowest BCUT2D eigenvalue weighted by atomic mass is 9.79. The Morgan fingerprint density at radius 2 is 1.67 bits per heavy atom. The van der Waals surface area contributed by atoms with Crippen LogP contribution in [0.1, 0.15) is 64.2 Å². The van der Waals surface area contributed by atoms with Gasteiger partial charge in [0, 0.05) is 38.4 Å². The molecule has 3 rings (SSSR count). The predicted octanol–water partition coefficient (Wildman–Crippen LogP) is 3.19. The van der Waals surface area contributed by atoms with Gasteiger partial charge in [-0.15, -0.1) is 0 Å². The van der Waals surface area contributed by atoms with Gasteiger partial charge in [0.25, 0.3) is 0 Å². The summed E-state index contributed by atoms with van der Waals surface area (Å²) in [6.07, 6.45) is 13.9. The van der Waals surface area contributed by atoms with E-state index in [-0.39, 0.29) is 0 Å². The van der Waals surface area contributed by atoms with Gasteiger partial charge in [-0.25, -0.2) is 0 Å². The van der Waals surface area contributed by atoms with Gasteiger partial charge in [0.05, 0.1) is 0 Å². The van der Waals surface area contributed by atoms with Crippen LogP contribution in [0.3, 0.4) is 0 Å². The molecule has 1 heterocycles. The molecule has 2 aliphatic carbocycles. The lowest BCUT2D eigenvalue weighted by molar-refractivity contribution is -0.00791. The molecule has 0 aromatic rings. The van der Waals surface area contributed by atoms with Gasteiger partial charge < -0.3 is 15.0 Å². The second-order valence-electron chi connectivity index (χ2n) is 7.83. The number of nitrogens with one attached hydrogen (secondary N) is 1. The largest absolute Gasteiger partial charge is 0.381 e. The van der Waals surface area contributed by atoms with Gasteiger partial charge in [-0.05, 0) is 51.0 Å². The first kappa shape index (κ1) is 15.8. The molecule has 0 aromatic heterocycles. The summed E-state index contributed by atoms with van der Waals surface area (Å²) in [4.78, 5) is 2.70. The quantitative estimate of drug-likeness (QED) is 0.761. The van der Waals surface area contributed by atoms with Crippen LogP contribution in [0.15, 0.2) is 0 Å². The van der Waals surface area contributed by atoms with Crippen LogP contribution in [-0.4, -0.2) is 50.3 Å². The molecule has 1 saturated heterocycles. The summed E-state index contributed by atoms with van der Waals surface area (Å²) in [6, 6.07) is 1.65. The van der Waals surface area contributed by atoms with Crippen molar-refractivity contribution in [2.45, 2.75) is 76.3 Å². The minimum Gasteiger partial charge on any atom is -0.381 e. The van der Waals surface area contributed by atoms with Crippen molar-refractivity contribution in [2.24, 2.45) is 5.41 Å². The summed E-state index contributed by atoms with van der Waals surface area (Å²) in [5.74, 6) is 0. The van der Waals surface area contributed by atoms with Crippen molar-refractivity contribution in [3.05, 3.63) is 0 Å². The summed E-state index contributed by atoms with van der Waals surface area (Å²) in [5.41, 5.74) is 0.460. The van der Waals surface area contributed by atoms with E-state index in [2.05, 4.69) is 17.3 Å². The Morgan fingerprint density at radius 1 is 1.00 bits per heavy atom. The van der Waals surface area contributed by atoms with Crippen molar-refractivity contribution in [3.63, 3.8) is 0 Å². The van der Waals surface area contributed by atoms with Crippen molar-refractivity contribution in [1.29, 1.82) is 0 Å². The van der Waals surface area contributed by atoms with Gasteiger partial charge in [-0.1, -0.05) is 25.7 Å². The van der Waals surface area contributed by atoms with Crippen molar-refractivity contribution in [2.75, 3.05) is 33.4 Å². The Balaban J connectivity index is 1.56. The fourth-order valence-electron chi connectivity index (χ4n) is 4.20. The van der Waals surface area contributed by atoms with Crippen LogP contribution in [0.5, 0.6) is 0 Å². The Labute approximate surface area is 130 Å². The van der Waals surface area contributed by atoms with E-state index in [0.717, 1.165) is 25.3 Å². The molecule has 3 aliphatic rings. The minimum atomic E-state index is 0.460. The highest BCUT2D eigenvalue weighted by Gasteiger charge is 2.36. The summed E-state index contributed by atoms with van der Waals surface area (Å²) in [6.45, 7) is 4.40. The van der Waals surface area contributed by atoms with E-state index in [1.807, 2.05) is 0 Å². The van der Waals surface area contributed by atoms with E-state index in [9.17, 15) is 0 Å². The topological polar surface area (TPSA) is 24.5 Å². The van der Waals surface area contributed by atoms with Gasteiger partial charge in [0.1, 0.15) is 0 Å². The van der Waals surface area contributed by atoms with Crippen molar-refractivity contribution < 1.29 is 4.74 Å². The molecule has 1 N–H and O–H groups in total. The first-order valence-electron chi connectivity index (χ1n) is 9.29. The van der Waals surface area contributed by atoms with E-state index >= 15 is 0 Å². The van der Waals surface area contributed by atoms with E-state index < -0.39 is 0 Å². The maximum atomic E-state index is 5.65. The molecular weight excluding hydrogens is 260 g/mol. The third kappa shape index (κ3) is 4.67. The second-order valence-corrected chi connectivity index (χ2v) is 7.83. The van der Waals surface area contributed by atoms with Crippen LogP contribution in [0, 0.1) is 5.41 Å². The average molecular weight is 294 g/mol. The zero-order chi connectivity index (χ0) is 14.5. The van der Waals surface area contributed by atoms with Gasteiger partial charge in [-0.2, -0.15) is 0 Å². The predicted molar refractivity (Wildman–Crippen MR) is 87.6 cm³/mol. The summed E-state index contributed by atoms with van der Waals surface area (Å²) in [5, 5.41) is 3.81. The Bertz CT molecular complexity index is 302. The molecule has 0 spiro atoms. The molecular formula is C18H34N2O. The standard InChI is InChI=1S/C18H34N2O/c1-20(17-6-4-2-3-5-7-17)15-18(10-12-21-13-11-18)14-19-16-8-9-16/h16-17,19H,2-15H2,1H3. The summed E-state index contributed by atoms with van der Waals surface area (Å²) >= 11 is 0. The van der Waals surface area contributed by atoms with Crippen LogP contribution >= 0.6 is 0 Å². The highest BCUT2D eigenvalue weighted by molar-refractivity contribution is 4.91. The van der Waals surface area contributed by atoms with Gasteiger partial charge >= 0.3 is 0 Å². The van der Waals surface area contributed by atoms with E-state index in [1.54, 1.807) is 0 Å². The number of nitrogens with zero attached hydrogens (tertiary/aromatic N) is 1. The van der Waals surface area contributed by atoms with Gasteiger partial charge in [-0.3, -0.25) is 0 Å². The van der Waals surface area contributed by atoms with Crippen LogP contribution < -0.4 is 5.32 Å². The third-order valence-corrected chi connectivity index (χ3v) is 5.93. The molecule has 0 bridgehead atoms. The summed E-state index contributed by atoms with van der Waals surface area (Å²) in [7, 11) is 2.38. The maximum absolute atomic E-state index is 5.65. The monoisotopic (exact) mass is 294 g/mol. The lowest BCUT2D eigenvalue weighted by Crippen LogP contribution is -2.49. The maximum Gasteiger partial charge on any atom is 0.0472 e. The smallest absolute Gasteiger partial charge is 0.0472 e. The molecule has 0 aromatic carbocycles. The highest BCUT2D eigenvalue weighted by Crippen LogP contribution is 2.34. The van der Waals surface area contributed by atoms with Crippen LogP contribution in [0.4, 0.5) is 0 Å². The molecule has 3 fully saturated rings. The molecule has 1 aliphatic heterocycles. The number of ether oxygens (including phenoxy) is 1. The molecule has 2 saturated carbocycles. The molecule has 3 nitrogen and oxygen atoms in total. The number of hydrogen-bond acceptors (Lipinski definition) is 3. The zero-order valence-electron chi connectivity index (χ0n) is 13.9. The molecule has 21 heavy (non-hydrogen) atoms. The first-order valence-corrected chi connectivity index (χ1v) is 9.29. The van der Waals surface area contributed by atoms with Crippen LogP contribution in [0.2, 0.25) is 0 Å². The van der Waals surface area contributed by atoms with Crippen molar-refractivity contribution in [3.8, 4) is 0 Å². The fourth-order valence-corrected chi connectivity index (χ4v) is 4.20. The number of hydrogen-bond donors (Lipinski definition) is 1. The summed E-state index contributed by atoms with van der Waals surface area (Å²) < 4.78 is 5.65. The van der Waals surface area contributed by atoms with Crippen LogP contribution in [-0.2, 0) is 4.74 Å². The number of rotatable bonds is 6. The van der Waals surface area contributed by atoms with E-state index in [4.69, 9.17) is 4.74 Å². The van der Waals surface area contributed by atoms with E-state index in [1.165, 1.54) is 77.3 Å². The Kier molecular flexibility index (Phi) is 5.58. The molecule has 0 unspecified atom stereocenters. The first-order chi connectivity index (χ1) is 10.3. The van der Waals surface area contributed by atoms with Crippen LogP contribution in [0.25, 0.3) is 0 Å². The lowest BCUT2D eigenvalue weighted by Gasteiger charge is -2.42. The van der Waals surface area contributed by atoms with Crippen molar-refractivity contribution >= 4 is 0 Å². The Hall–Kier alpha value is -0.120. The fraction of sp³-hybridized carbons (Fsp3) is 1.00. The zero-order valence-corrected chi connectivity index (χ0v) is 13.9. The van der Waals surface area contributed by atoms with Gasteiger partial charge in [0.15, 0.2) is 0 Å². The molecule has 0 atom stereocenters. The molecule has 122 valence electrons. The molecule has 3 heteroatoms. The normalized spacial score (nSPS) is 27.7. The molecule has 0 radical (unpaired) electrons. The SMILES string of the molecule is CN(CC1(CNC2CC2)CCOCC1)C1CCCCCC1. The van der Waals surface area contributed by atoms with Crippen molar-refractivity contribution in [1.82, 2.24) is 10.2 Å².